The van der Waals surface area contributed by atoms with Gasteiger partial charge in [-0.1, -0.05) is 36.4 Å². The van der Waals surface area contributed by atoms with Crippen molar-refractivity contribution < 1.29 is 22.5 Å². The van der Waals surface area contributed by atoms with Gasteiger partial charge in [0.2, 0.25) is 5.91 Å². The van der Waals surface area contributed by atoms with Crippen molar-refractivity contribution in [2.24, 2.45) is 0 Å². The minimum absolute atomic E-state index is 0.000105. The van der Waals surface area contributed by atoms with Crippen LogP contribution >= 0.6 is 0 Å². The Labute approximate surface area is 187 Å². The largest absolute Gasteiger partial charge is 0.495 e. The van der Waals surface area contributed by atoms with Crippen LogP contribution in [0.5, 0.6) is 5.75 Å². The maximum atomic E-state index is 13.1. The second kappa shape index (κ2) is 9.69. The van der Waals surface area contributed by atoms with Crippen molar-refractivity contribution >= 4 is 39.5 Å². The summed E-state index contributed by atoms with van der Waals surface area (Å²) < 4.78 is 39.3. The number of nitrogens with zero attached hydrogens (tertiary/aromatic N) is 1. The van der Waals surface area contributed by atoms with Crippen molar-refractivity contribution in [2.45, 2.75) is 32.1 Å². The number of carbonyl (C=O) groups excluding carboxylic acids is 1. The second-order valence-electron chi connectivity index (χ2n) is 7.09. The lowest BCUT2D eigenvalue weighted by Crippen LogP contribution is -2.14. The van der Waals surface area contributed by atoms with Gasteiger partial charge in [-0.05, 0) is 54.8 Å². The quantitative estimate of drug-likeness (QED) is 0.518. The van der Waals surface area contributed by atoms with Crippen LogP contribution in [0.2, 0.25) is 0 Å². The SMILES string of the molecule is CCc1cccc(NS(=O)(=O)c2cc(/C=C\c3onc(C)c3NC(C)=O)ccc2OC)c1. The van der Waals surface area contributed by atoms with Crippen molar-refractivity contribution in [1.82, 2.24) is 5.16 Å². The molecule has 0 aliphatic rings. The third-order valence-corrected chi connectivity index (χ3v) is 6.08. The van der Waals surface area contributed by atoms with Crippen LogP contribution in [0, 0.1) is 6.92 Å². The summed E-state index contributed by atoms with van der Waals surface area (Å²) in [4.78, 5) is 11.4. The number of aromatic nitrogens is 1. The Bertz CT molecular complexity index is 1260. The lowest BCUT2D eigenvalue weighted by Gasteiger charge is -2.13. The molecule has 2 N–H and O–H groups in total. The van der Waals surface area contributed by atoms with Gasteiger partial charge in [-0.3, -0.25) is 9.52 Å². The minimum Gasteiger partial charge on any atom is -0.495 e. The Morgan fingerprint density at radius 2 is 1.97 bits per heavy atom. The standard InChI is InChI=1S/C23H25N3O5S/c1-5-17-7-6-8-19(13-17)26-32(28,29)22-14-18(9-11-20(22)30-4)10-12-21-23(24-16(3)27)15(2)25-31-21/h6-14,26H,5H2,1-4H3,(H,24,27)/b12-10-. The molecule has 0 unspecified atom stereocenters. The summed E-state index contributed by atoms with van der Waals surface area (Å²) in [6.45, 7) is 5.10. The van der Waals surface area contributed by atoms with E-state index in [0.717, 1.165) is 12.0 Å². The van der Waals surface area contributed by atoms with Gasteiger partial charge in [-0.15, -0.1) is 0 Å². The maximum absolute atomic E-state index is 13.1. The molecule has 1 aromatic heterocycles. The lowest BCUT2D eigenvalue weighted by atomic mass is 10.1. The molecule has 8 nitrogen and oxygen atoms in total. The molecule has 0 aliphatic heterocycles. The molecule has 0 saturated carbocycles. The minimum atomic E-state index is -3.91. The summed E-state index contributed by atoms with van der Waals surface area (Å²) in [6, 6.07) is 12.0. The molecule has 9 heteroatoms. The fourth-order valence-corrected chi connectivity index (χ4v) is 4.33. The summed E-state index contributed by atoms with van der Waals surface area (Å²) in [5.41, 5.74) is 3.09. The summed E-state index contributed by atoms with van der Waals surface area (Å²) in [5.74, 6) is 0.324. The number of anilines is 2. The van der Waals surface area contributed by atoms with Crippen LogP contribution < -0.4 is 14.8 Å². The zero-order chi connectivity index (χ0) is 23.3. The van der Waals surface area contributed by atoms with Crippen LogP contribution in [0.1, 0.15) is 36.4 Å². The lowest BCUT2D eigenvalue weighted by molar-refractivity contribution is -0.114. The van der Waals surface area contributed by atoms with Crippen LogP contribution in [0.4, 0.5) is 11.4 Å². The average molecular weight is 456 g/mol. The zero-order valence-corrected chi connectivity index (χ0v) is 19.1. The number of sulfonamides is 1. The fraction of sp³-hybridized carbons (Fsp3) is 0.217. The molecule has 32 heavy (non-hydrogen) atoms. The molecule has 0 spiro atoms. The highest BCUT2D eigenvalue weighted by Gasteiger charge is 2.20. The van der Waals surface area contributed by atoms with E-state index >= 15 is 0 Å². The Hall–Kier alpha value is -3.59. The first-order chi connectivity index (χ1) is 15.2. The monoisotopic (exact) mass is 455 g/mol. The molecule has 1 heterocycles. The highest BCUT2D eigenvalue weighted by Crippen LogP contribution is 2.29. The average Bonchev–Trinajstić information content (AvgIpc) is 3.10. The van der Waals surface area contributed by atoms with Crippen molar-refractivity contribution in [1.29, 1.82) is 0 Å². The van der Waals surface area contributed by atoms with Crippen molar-refractivity contribution in [3.8, 4) is 5.75 Å². The van der Waals surface area contributed by atoms with Gasteiger partial charge >= 0.3 is 0 Å². The van der Waals surface area contributed by atoms with Gasteiger partial charge < -0.3 is 14.6 Å². The van der Waals surface area contributed by atoms with Crippen LogP contribution in [0.15, 0.2) is 51.9 Å². The predicted octanol–water partition coefficient (Wildman–Crippen LogP) is 4.48. The number of hydrogen-bond acceptors (Lipinski definition) is 6. The molecule has 1 amide bonds. The van der Waals surface area contributed by atoms with E-state index < -0.39 is 10.0 Å². The summed E-state index contributed by atoms with van der Waals surface area (Å²) in [5, 5.41) is 6.54. The number of benzene rings is 2. The molecule has 0 saturated heterocycles. The van der Waals surface area contributed by atoms with E-state index in [-0.39, 0.29) is 16.6 Å². The molecule has 0 aliphatic carbocycles. The molecule has 168 valence electrons. The van der Waals surface area contributed by atoms with Crippen molar-refractivity contribution in [2.75, 3.05) is 17.1 Å². The third kappa shape index (κ3) is 5.36. The van der Waals surface area contributed by atoms with E-state index in [2.05, 4.69) is 15.2 Å². The van der Waals surface area contributed by atoms with Gasteiger partial charge in [0, 0.05) is 12.6 Å². The van der Waals surface area contributed by atoms with Gasteiger partial charge in [0.05, 0.1) is 7.11 Å². The number of hydrogen-bond donors (Lipinski definition) is 2. The highest BCUT2D eigenvalue weighted by molar-refractivity contribution is 7.92. The number of carbonyl (C=O) groups is 1. The van der Waals surface area contributed by atoms with Gasteiger partial charge in [0.15, 0.2) is 5.76 Å². The number of amides is 1. The van der Waals surface area contributed by atoms with E-state index in [0.29, 0.717) is 28.4 Å². The predicted molar refractivity (Wildman–Crippen MR) is 124 cm³/mol. The van der Waals surface area contributed by atoms with E-state index in [1.54, 1.807) is 49.4 Å². The Morgan fingerprint density at radius 3 is 2.66 bits per heavy atom. The first kappa shape index (κ1) is 23.1. The smallest absolute Gasteiger partial charge is 0.265 e. The zero-order valence-electron chi connectivity index (χ0n) is 18.3. The topological polar surface area (TPSA) is 111 Å². The number of aryl methyl sites for hydroxylation is 2. The maximum Gasteiger partial charge on any atom is 0.265 e. The van der Waals surface area contributed by atoms with Crippen molar-refractivity contribution in [3.05, 3.63) is 65.0 Å². The molecule has 0 radical (unpaired) electrons. The van der Waals surface area contributed by atoms with Crippen LogP contribution in [0.25, 0.3) is 12.2 Å². The molecular weight excluding hydrogens is 430 g/mol. The fourth-order valence-electron chi connectivity index (χ4n) is 3.07. The summed E-state index contributed by atoms with van der Waals surface area (Å²) >= 11 is 0. The first-order valence-corrected chi connectivity index (χ1v) is 11.4. The number of rotatable bonds is 8. The van der Waals surface area contributed by atoms with E-state index in [1.165, 1.54) is 20.1 Å². The van der Waals surface area contributed by atoms with Gasteiger partial charge in [0.1, 0.15) is 22.0 Å². The first-order valence-electron chi connectivity index (χ1n) is 9.95. The molecule has 3 rings (SSSR count). The highest BCUT2D eigenvalue weighted by atomic mass is 32.2. The van der Waals surface area contributed by atoms with E-state index in [1.807, 2.05) is 13.0 Å². The number of methoxy groups -OCH3 is 1. The molecule has 0 fully saturated rings. The number of nitrogens with one attached hydrogen (secondary N) is 2. The van der Waals surface area contributed by atoms with Crippen LogP contribution in [0.3, 0.4) is 0 Å². The molecule has 0 bridgehead atoms. The normalized spacial score (nSPS) is 11.5. The van der Waals surface area contributed by atoms with Crippen molar-refractivity contribution in [3.63, 3.8) is 0 Å². The molecule has 2 aromatic carbocycles. The van der Waals surface area contributed by atoms with Gasteiger partial charge in [-0.2, -0.15) is 0 Å². The summed E-state index contributed by atoms with van der Waals surface area (Å²) in [6.07, 6.45) is 4.07. The van der Waals surface area contributed by atoms with E-state index in [9.17, 15) is 13.2 Å². The third-order valence-electron chi connectivity index (χ3n) is 4.68. The summed E-state index contributed by atoms with van der Waals surface area (Å²) in [7, 11) is -2.49. The Balaban J connectivity index is 1.93. The Morgan fingerprint density at radius 1 is 1.19 bits per heavy atom. The Kier molecular flexibility index (Phi) is 6.99. The second-order valence-corrected chi connectivity index (χ2v) is 8.74. The van der Waals surface area contributed by atoms with Gasteiger partial charge in [0.25, 0.3) is 10.0 Å². The van der Waals surface area contributed by atoms with Crippen LogP contribution in [-0.4, -0.2) is 26.6 Å². The number of ether oxygens (including phenoxy) is 1. The van der Waals surface area contributed by atoms with E-state index in [4.69, 9.17) is 9.26 Å². The molecular formula is C23H25N3O5S. The molecule has 0 atom stereocenters. The van der Waals surface area contributed by atoms with Gasteiger partial charge in [-0.25, -0.2) is 8.42 Å². The van der Waals surface area contributed by atoms with Crippen LogP contribution in [-0.2, 0) is 21.2 Å². The molecule has 3 aromatic rings.